The molecule has 16 heavy (non-hydrogen) atoms. The van der Waals surface area contributed by atoms with Crippen LogP contribution in [0.4, 0.5) is 5.95 Å². The molecular weight excluding hydrogens is 202 g/mol. The molecule has 84 valence electrons. The van der Waals surface area contributed by atoms with Crippen molar-refractivity contribution in [2.45, 2.75) is 13.5 Å². The zero-order chi connectivity index (χ0) is 11.5. The maximum Gasteiger partial charge on any atom is 0.200 e. The van der Waals surface area contributed by atoms with E-state index < -0.39 is 0 Å². The number of nitrogens with zero attached hydrogens (tertiary/aromatic N) is 2. The molecule has 4 heteroatoms. The lowest BCUT2D eigenvalue weighted by atomic mass is 10.2. The van der Waals surface area contributed by atoms with Crippen LogP contribution in [-0.4, -0.2) is 16.7 Å². The Morgan fingerprint density at radius 1 is 1.38 bits per heavy atom. The average molecular weight is 217 g/mol. The van der Waals surface area contributed by atoms with Crippen molar-refractivity contribution in [1.29, 1.82) is 0 Å². The number of anilines is 1. The minimum atomic E-state index is 0.531. The number of aromatic nitrogens is 2. The average Bonchev–Trinajstić information content (AvgIpc) is 2.61. The van der Waals surface area contributed by atoms with Gasteiger partial charge in [0.25, 0.3) is 0 Å². The number of hydrogen-bond donors (Lipinski definition) is 1. The highest BCUT2D eigenvalue weighted by molar-refractivity contribution is 5.35. The molecule has 1 aromatic heterocycles. The summed E-state index contributed by atoms with van der Waals surface area (Å²) in [5.74, 6) is 1.40. The molecule has 0 fully saturated rings. The van der Waals surface area contributed by atoms with E-state index in [0.29, 0.717) is 12.5 Å². The monoisotopic (exact) mass is 217 g/mol. The minimum Gasteiger partial charge on any atom is -0.496 e. The van der Waals surface area contributed by atoms with Crippen LogP contribution >= 0.6 is 0 Å². The van der Waals surface area contributed by atoms with Gasteiger partial charge in [0, 0.05) is 11.3 Å². The lowest BCUT2D eigenvalue weighted by molar-refractivity contribution is 0.408. The Bertz CT molecular complexity index is 471. The van der Waals surface area contributed by atoms with Gasteiger partial charge in [-0.05, 0) is 13.0 Å². The topological polar surface area (TPSA) is 53.1 Å². The van der Waals surface area contributed by atoms with Gasteiger partial charge in [-0.25, -0.2) is 4.98 Å². The molecule has 0 aliphatic rings. The van der Waals surface area contributed by atoms with Crippen LogP contribution in [0.1, 0.15) is 11.3 Å². The van der Waals surface area contributed by atoms with Gasteiger partial charge in [0.15, 0.2) is 0 Å². The van der Waals surface area contributed by atoms with Crippen LogP contribution in [-0.2, 0) is 6.54 Å². The Kier molecular flexibility index (Phi) is 2.81. The van der Waals surface area contributed by atoms with Gasteiger partial charge in [-0.2, -0.15) is 0 Å². The van der Waals surface area contributed by atoms with Crippen molar-refractivity contribution in [3.05, 3.63) is 41.7 Å². The van der Waals surface area contributed by atoms with E-state index in [9.17, 15) is 0 Å². The summed E-state index contributed by atoms with van der Waals surface area (Å²) in [6, 6.07) is 7.91. The molecule has 0 atom stereocenters. The summed E-state index contributed by atoms with van der Waals surface area (Å²) in [5, 5.41) is 0. The molecule has 0 aliphatic carbocycles. The van der Waals surface area contributed by atoms with Crippen molar-refractivity contribution in [3.8, 4) is 5.75 Å². The number of para-hydroxylation sites is 1. The standard InChI is InChI=1S/C12H15N3O/c1-9-7-14-12(13)15(9)8-10-5-3-4-6-11(10)16-2/h3-7H,8H2,1-2H3,(H2,13,14). The van der Waals surface area contributed by atoms with Gasteiger partial charge in [0.2, 0.25) is 5.95 Å². The molecule has 0 unspecified atom stereocenters. The fourth-order valence-corrected chi connectivity index (χ4v) is 1.69. The summed E-state index contributed by atoms with van der Waals surface area (Å²) in [7, 11) is 1.67. The maximum absolute atomic E-state index is 5.79. The second-order valence-electron chi connectivity index (χ2n) is 3.66. The Balaban J connectivity index is 2.34. The number of imidazole rings is 1. The molecule has 0 spiro atoms. The number of nitrogen functional groups attached to an aromatic ring is 1. The molecule has 0 bridgehead atoms. The Labute approximate surface area is 94.7 Å². The molecular formula is C12H15N3O. The first-order valence-corrected chi connectivity index (χ1v) is 5.12. The van der Waals surface area contributed by atoms with Crippen LogP contribution in [0.25, 0.3) is 0 Å². The lowest BCUT2D eigenvalue weighted by Gasteiger charge is -2.11. The third-order valence-corrected chi connectivity index (χ3v) is 2.61. The van der Waals surface area contributed by atoms with E-state index in [2.05, 4.69) is 4.98 Å². The van der Waals surface area contributed by atoms with Crippen LogP contribution in [0.15, 0.2) is 30.5 Å². The van der Waals surface area contributed by atoms with Crippen molar-refractivity contribution in [3.63, 3.8) is 0 Å². The molecule has 1 aromatic carbocycles. The first-order valence-electron chi connectivity index (χ1n) is 5.12. The molecule has 0 radical (unpaired) electrons. The van der Waals surface area contributed by atoms with Crippen molar-refractivity contribution < 1.29 is 4.74 Å². The summed E-state index contributed by atoms with van der Waals surface area (Å²) in [6.45, 7) is 2.67. The number of benzene rings is 1. The van der Waals surface area contributed by atoms with Gasteiger partial charge >= 0.3 is 0 Å². The van der Waals surface area contributed by atoms with E-state index in [1.165, 1.54) is 0 Å². The molecule has 0 saturated heterocycles. The predicted molar refractivity (Wildman–Crippen MR) is 63.5 cm³/mol. The molecule has 2 N–H and O–H groups in total. The number of hydrogen-bond acceptors (Lipinski definition) is 3. The van der Waals surface area contributed by atoms with Gasteiger partial charge in [0.1, 0.15) is 5.75 Å². The summed E-state index contributed by atoms with van der Waals surface area (Å²) < 4.78 is 7.26. The van der Waals surface area contributed by atoms with Gasteiger partial charge in [-0.15, -0.1) is 0 Å². The van der Waals surface area contributed by atoms with Gasteiger partial charge in [-0.3, -0.25) is 0 Å². The van der Waals surface area contributed by atoms with Gasteiger partial charge in [-0.1, -0.05) is 18.2 Å². The first kappa shape index (κ1) is 10.5. The van der Waals surface area contributed by atoms with Crippen LogP contribution in [0.5, 0.6) is 5.75 Å². The molecule has 4 nitrogen and oxygen atoms in total. The fourth-order valence-electron chi connectivity index (χ4n) is 1.69. The van der Waals surface area contributed by atoms with E-state index in [4.69, 9.17) is 10.5 Å². The number of aryl methyl sites for hydroxylation is 1. The zero-order valence-corrected chi connectivity index (χ0v) is 9.47. The van der Waals surface area contributed by atoms with E-state index in [1.54, 1.807) is 13.3 Å². The SMILES string of the molecule is COc1ccccc1Cn1c(C)cnc1N. The van der Waals surface area contributed by atoms with Crippen LogP contribution in [0.2, 0.25) is 0 Å². The zero-order valence-electron chi connectivity index (χ0n) is 9.47. The molecule has 0 amide bonds. The Morgan fingerprint density at radius 2 is 2.12 bits per heavy atom. The molecule has 0 aliphatic heterocycles. The van der Waals surface area contributed by atoms with Crippen molar-refractivity contribution in [2.75, 3.05) is 12.8 Å². The molecule has 2 aromatic rings. The van der Waals surface area contributed by atoms with Crippen molar-refractivity contribution in [1.82, 2.24) is 9.55 Å². The highest BCUT2D eigenvalue weighted by Gasteiger charge is 2.07. The van der Waals surface area contributed by atoms with Gasteiger partial charge < -0.3 is 15.0 Å². The number of methoxy groups -OCH3 is 1. The van der Waals surface area contributed by atoms with Crippen molar-refractivity contribution >= 4 is 5.95 Å². The van der Waals surface area contributed by atoms with E-state index in [1.807, 2.05) is 35.8 Å². The molecule has 1 heterocycles. The van der Waals surface area contributed by atoms with E-state index in [0.717, 1.165) is 17.0 Å². The Morgan fingerprint density at radius 3 is 2.75 bits per heavy atom. The highest BCUT2D eigenvalue weighted by Crippen LogP contribution is 2.20. The van der Waals surface area contributed by atoms with Crippen LogP contribution in [0.3, 0.4) is 0 Å². The quantitative estimate of drug-likeness (QED) is 0.853. The fraction of sp³-hybridized carbons (Fsp3) is 0.250. The number of nitrogens with two attached hydrogens (primary N) is 1. The Hall–Kier alpha value is -1.97. The smallest absolute Gasteiger partial charge is 0.200 e. The second-order valence-corrected chi connectivity index (χ2v) is 3.66. The lowest BCUT2D eigenvalue weighted by Crippen LogP contribution is -2.07. The van der Waals surface area contributed by atoms with E-state index in [-0.39, 0.29) is 0 Å². The maximum atomic E-state index is 5.79. The minimum absolute atomic E-state index is 0.531. The van der Waals surface area contributed by atoms with Crippen molar-refractivity contribution in [2.24, 2.45) is 0 Å². The largest absolute Gasteiger partial charge is 0.496 e. The normalized spacial score (nSPS) is 10.4. The third kappa shape index (κ3) is 1.86. The summed E-state index contributed by atoms with van der Waals surface area (Å²) in [4.78, 5) is 4.07. The third-order valence-electron chi connectivity index (χ3n) is 2.61. The second kappa shape index (κ2) is 4.26. The number of rotatable bonds is 3. The first-order chi connectivity index (χ1) is 7.72. The predicted octanol–water partition coefficient (Wildman–Crippen LogP) is 1.83. The molecule has 0 saturated carbocycles. The summed E-state index contributed by atoms with van der Waals surface area (Å²) in [5.41, 5.74) is 7.93. The van der Waals surface area contributed by atoms with E-state index >= 15 is 0 Å². The summed E-state index contributed by atoms with van der Waals surface area (Å²) in [6.07, 6.45) is 1.77. The highest BCUT2D eigenvalue weighted by atomic mass is 16.5. The van der Waals surface area contributed by atoms with Crippen LogP contribution in [0, 0.1) is 6.92 Å². The number of ether oxygens (including phenoxy) is 1. The van der Waals surface area contributed by atoms with Gasteiger partial charge in [0.05, 0.1) is 19.9 Å². The van der Waals surface area contributed by atoms with Crippen LogP contribution < -0.4 is 10.5 Å². The molecule has 2 rings (SSSR count). The summed E-state index contributed by atoms with van der Waals surface area (Å²) >= 11 is 0.